The minimum Gasteiger partial charge on any atom is -0.294 e. The van der Waals surface area contributed by atoms with E-state index in [1.807, 2.05) is 12.3 Å². The largest absolute Gasteiger partial charge is 0.294 e. The molecule has 0 aliphatic carbocycles. The molecule has 0 spiro atoms. The van der Waals surface area contributed by atoms with E-state index in [0.29, 0.717) is 6.04 Å². The minimum absolute atomic E-state index is 0.661. The average molecular weight is 299 g/mol. The Morgan fingerprint density at radius 1 is 1.35 bits per heavy atom. The van der Waals surface area contributed by atoms with Gasteiger partial charge in [-0.25, -0.2) is 0 Å². The third-order valence-corrected chi connectivity index (χ3v) is 3.66. The van der Waals surface area contributed by atoms with Crippen molar-refractivity contribution in [2.45, 2.75) is 46.2 Å². The second-order valence-corrected chi connectivity index (χ2v) is 5.19. The molecular formula is C14H23BrN2. The van der Waals surface area contributed by atoms with Crippen LogP contribution in [0.15, 0.2) is 18.3 Å². The number of hydrogen-bond acceptors (Lipinski definition) is 2. The first-order chi connectivity index (χ1) is 8.22. The lowest BCUT2D eigenvalue weighted by atomic mass is 10.1. The lowest BCUT2D eigenvalue weighted by Gasteiger charge is -2.29. The number of aryl methyl sites for hydroxylation is 1. The maximum atomic E-state index is 4.49. The second-order valence-electron chi connectivity index (χ2n) is 4.40. The number of pyridine rings is 1. The van der Waals surface area contributed by atoms with E-state index in [-0.39, 0.29) is 0 Å². The number of halogens is 1. The maximum Gasteiger partial charge on any atom is 0.0573 e. The summed E-state index contributed by atoms with van der Waals surface area (Å²) in [6.07, 6.45) is 4.30. The third-order valence-electron chi connectivity index (χ3n) is 3.30. The van der Waals surface area contributed by atoms with Gasteiger partial charge in [-0.15, -0.1) is 0 Å². The van der Waals surface area contributed by atoms with Gasteiger partial charge in [-0.2, -0.15) is 0 Å². The lowest BCUT2D eigenvalue weighted by molar-refractivity contribution is 0.186. The molecular weight excluding hydrogens is 276 g/mol. The average Bonchev–Trinajstić information content (AvgIpc) is 2.34. The molecule has 0 saturated carbocycles. The molecule has 0 unspecified atom stereocenters. The highest BCUT2D eigenvalue weighted by molar-refractivity contribution is 9.09. The summed E-state index contributed by atoms with van der Waals surface area (Å²) in [5.74, 6) is 0. The highest BCUT2D eigenvalue weighted by atomic mass is 79.9. The molecule has 2 nitrogen and oxygen atoms in total. The van der Waals surface area contributed by atoms with E-state index in [1.54, 1.807) is 0 Å². The molecule has 17 heavy (non-hydrogen) atoms. The van der Waals surface area contributed by atoms with Gasteiger partial charge < -0.3 is 0 Å². The van der Waals surface area contributed by atoms with Crippen LogP contribution in [0.2, 0.25) is 0 Å². The molecule has 1 aromatic heterocycles. The predicted octanol–water partition coefficient (Wildman–Crippen LogP) is 3.78. The van der Waals surface area contributed by atoms with Crippen molar-refractivity contribution in [2.24, 2.45) is 0 Å². The van der Waals surface area contributed by atoms with Crippen molar-refractivity contribution in [3.8, 4) is 0 Å². The highest BCUT2D eigenvalue weighted by Gasteiger charge is 2.15. The van der Waals surface area contributed by atoms with Crippen LogP contribution in [-0.2, 0) is 6.54 Å². The fraction of sp³-hybridized carbons (Fsp3) is 0.643. The number of aromatic nitrogens is 1. The molecule has 0 aromatic carbocycles. The quantitative estimate of drug-likeness (QED) is 0.712. The van der Waals surface area contributed by atoms with E-state index >= 15 is 0 Å². The monoisotopic (exact) mass is 298 g/mol. The Bertz CT molecular complexity index is 324. The van der Waals surface area contributed by atoms with Crippen molar-refractivity contribution in [1.82, 2.24) is 9.88 Å². The molecule has 96 valence electrons. The van der Waals surface area contributed by atoms with Gasteiger partial charge in [-0.1, -0.05) is 35.8 Å². The summed E-state index contributed by atoms with van der Waals surface area (Å²) >= 11 is 3.55. The molecule has 0 atom stereocenters. The van der Waals surface area contributed by atoms with Crippen molar-refractivity contribution in [1.29, 1.82) is 0 Å². The molecule has 0 radical (unpaired) electrons. The summed E-state index contributed by atoms with van der Waals surface area (Å²) in [7, 11) is 0. The van der Waals surface area contributed by atoms with Gasteiger partial charge in [-0.05, 0) is 31.4 Å². The first-order valence-electron chi connectivity index (χ1n) is 6.43. The van der Waals surface area contributed by atoms with Gasteiger partial charge in [0.1, 0.15) is 0 Å². The fourth-order valence-corrected chi connectivity index (χ4v) is 2.64. The van der Waals surface area contributed by atoms with E-state index in [9.17, 15) is 0 Å². The summed E-state index contributed by atoms with van der Waals surface area (Å²) in [6.45, 7) is 8.72. The van der Waals surface area contributed by atoms with Crippen LogP contribution in [0, 0.1) is 6.92 Å². The predicted molar refractivity (Wildman–Crippen MR) is 77.5 cm³/mol. The first kappa shape index (κ1) is 14.7. The zero-order valence-electron chi connectivity index (χ0n) is 11.1. The minimum atomic E-state index is 0.661. The third kappa shape index (κ3) is 4.40. The van der Waals surface area contributed by atoms with E-state index in [4.69, 9.17) is 0 Å². The second kappa shape index (κ2) is 7.83. The standard InChI is InChI=1S/C14H23BrN2/c1-4-13(5-2)17(10-8-15)11-14-12(3)7-6-9-16-14/h6-7,9,13H,4-5,8,10-11H2,1-3H3. The molecule has 0 bridgehead atoms. The van der Waals surface area contributed by atoms with E-state index < -0.39 is 0 Å². The van der Waals surface area contributed by atoms with Gasteiger partial charge in [0.05, 0.1) is 5.69 Å². The van der Waals surface area contributed by atoms with E-state index in [1.165, 1.54) is 24.1 Å². The number of nitrogens with zero attached hydrogens (tertiary/aromatic N) is 2. The van der Waals surface area contributed by atoms with Gasteiger partial charge in [-0.3, -0.25) is 9.88 Å². The van der Waals surface area contributed by atoms with E-state index in [2.05, 4.69) is 52.7 Å². The van der Waals surface area contributed by atoms with Crippen molar-refractivity contribution in [3.05, 3.63) is 29.6 Å². The van der Waals surface area contributed by atoms with Crippen molar-refractivity contribution < 1.29 is 0 Å². The molecule has 0 saturated heterocycles. The summed E-state index contributed by atoms with van der Waals surface area (Å²) in [4.78, 5) is 7.03. The van der Waals surface area contributed by atoms with Crippen LogP contribution in [0.25, 0.3) is 0 Å². The Morgan fingerprint density at radius 2 is 2.06 bits per heavy atom. The smallest absolute Gasteiger partial charge is 0.0573 e. The van der Waals surface area contributed by atoms with Gasteiger partial charge in [0.25, 0.3) is 0 Å². The summed E-state index contributed by atoms with van der Waals surface area (Å²) < 4.78 is 0. The van der Waals surface area contributed by atoms with Crippen LogP contribution < -0.4 is 0 Å². The molecule has 0 aliphatic heterocycles. The number of rotatable bonds is 7. The highest BCUT2D eigenvalue weighted by Crippen LogP contribution is 2.14. The number of alkyl halides is 1. The lowest BCUT2D eigenvalue weighted by Crippen LogP contribution is -2.35. The van der Waals surface area contributed by atoms with Gasteiger partial charge in [0.2, 0.25) is 0 Å². The Hall–Kier alpha value is -0.410. The Kier molecular flexibility index (Phi) is 6.75. The molecule has 1 heterocycles. The molecule has 0 N–H and O–H groups in total. The molecule has 0 amide bonds. The molecule has 0 fully saturated rings. The SMILES string of the molecule is CCC(CC)N(CCBr)Cc1ncccc1C. The molecule has 1 rings (SSSR count). The van der Waals surface area contributed by atoms with Crippen LogP contribution in [-0.4, -0.2) is 27.8 Å². The summed E-state index contributed by atoms with van der Waals surface area (Å²) in [5.41, 5.74) is 2.50. The Balaban J connectivity index is 2.75. The first-order valence-corrected chi connectivity index (χ1v) is 7.55. The fourth-order valence-electron chi connectivity index (χ4n) is 2.18. The van der Waals surface area contributed by atoms with Crippen molar-refractivity contribution in [3.63, 3.8) is 0 Å². The van der Waals surface area contributed by atoms with Crippen LogP contribution >= 0.6 is 15.9 Å². The van der Waals surface area contributed by atoms with Crippen LogP contribution in [0.1, 0.15) is 37.9 Å². The molecule has 0 aliphatic rings. The summed E-state index contributed by atoms with van der Waals surface area (Å²) in [5, 5.41) is 1.02. The number of hydrogen-bond donors (Lipinski definition) is 0. The topological polar surface area (TPSA) is 16.1 Å². The van der Waals surface area contributed by atoms with Crippen LogP contribution in [0.4, 0.5) is 0 Å². The Morgan fingerprint density at radius 3 is 2.59 bits per heavy atom. The van der Waals surface area contributed by atoms with Crippen LogP contribution in [0.3, 0.4) is 0 Å². The molecule has 3 heteroatoms. The van der Waals surface area contributed by atoms with Gasteiger partial charge >= 0.3 is 0 Å². The summed E-state index contributed by atoms with van der Waals surface area (Å²) in [6, 6.07) is 4.81. The molecule has 1 aromatic rings. The van der Waals surface area contributed by atoms with Crippen molar-refractivity contribution >= 4 is 15.9 Å². The maximum absolute atomic E-state index is 4.49. The van der Waals surface area contributed by atoms with E-state index in [0.717, 1.165) is 18.4 Å². The van der Waals surface area contributed by atoms with Gasteiger partial charge in [0.15, 0.2) is 0 Å². The van der Waals surface area contributed by atoms with Crippen molar-refractivity contribution in [2.75, 3.05) is 11.9 Å². The zero-order chi connectivity index (χ0) is 12.7. The zero-order valence-corrected chi connectivity index (χ0v) is 12.7. The van der Waals surface area contributed by atoms with Gasteiger partial charge in [0, 0.05) is 30.7 Å². The normalized spacial score (nSPS) is 11.4. The van der Waals surface area contributed by atoms with Crippen LogP contribution in [0.5, 0.6) is 0 Å². The Labute approximate surface area is 114 Å².